The summed E-state index contributed by atoms with van der Waals surface area (Å²) in [6.45, 7) is 1.25. The summed E-state index contributed by atoms with van der Waals surface area (Å²) < 4.78 is 0. The monoisotopic (exact) mass is 432 g/mol. The molecule has 3 aliphatic rings. The van der Waals surface area contributed by atoms with Gasteiger partial charge in [-0.1, -0.05) is 23.2 Å². The van der Waals surface area contributed by atoms with E-state index in [2.05, 4.69) is 9.88 Å². The standard InChI is InChI=1S/C21H22Cl2N4O2/c1-26-16-11-12(22)10-14(23)17(16)21(19(26)29)6-8-27(9-7-21)20-24-15-5-3-2-4-13(15)18(28)25-20/h10-11H,2-9H2,1H3,(H,24,25,28). The van der Waals surface area contributed by atoms with Crippen molar-refractivity contribution in [3.63, 3.8) is 0 Å². The van der Waals surface area contributed by atoms with Crippen molar-refractivity contribution in [3.8, 4) is 0 Å². The molecule has 29 heavy (non-hydrogen) atoms. The number of nitrogens with zero attached hydrogens (tertiary/aromatic N) is 3. The number of halogens is 2. The van der Waals surface area contributed by atoms with Gasteiger partial charge in [-0.2, -0.15) is 0 Å². The van der Waals surface area contributed by atoms with Crippen molar-refractivity contribution in [2.75, 3.05) is 29.9 Å². The highest BCUT2D eigenvalue weighted by Crippen LogP contribution is 2.51. The molecule has 1 aliphatic carbocycles. The number of rotatable bonds is 1. The van der Waals surface area contributed by atoms with Crippen molar-refractivity contribution >= 4 is 40.7 Å². The van der Waals surface area contributed by atoms with Crippen LogP contribution in [0.2, 0.25) is 10.0 Å². The molecule has 3 heterocycles. The first-order valence-corrected chi connectivity index (χ1v) is 10.8. The van der Waals surface area contributed by atoms with Crippen molar-refractivity contribution in [2.45, 2.75) is 43.9 Å². The SMILES string of the molecule is CN1C(=O)C2(CCN(c3nc4c(c(=O)[nH]3)CCCC4)CC2)c2c(Cl)cc(Cl)cc21. The van der Waals surface area contributed by atoms with Gasteiger partial charge in [0.1, 0.15) is 0 Å². The van der Waals surface area contributed by atoms with E-state index in [1.807, 2.05) is 6.07 Å². The molecular weight excluding hydrogens is 411 g/mol. The third kappa shape index (κ3) is 2.80. The average Bonchev–Trinajstić information content (AvgIpc) is 2.91. The third-order valence-electron chi connectivity index (χ3n) is 6.68. The highest BCUT2D eigenvalue weighted by Gasteiger charge is 2.52. The largest absolute Gasteiger partial charge is 0.342 e. The number of aromatic nitrogens is 2. The van der Waals surface area contributed by atoms with Gasteiger partial charge in [-0.25, -0.2) is 4.98 Å². The Balaban J connectivity index is 1.46. The van der Waals surface area contributed by atoms with Gasteiger partial charge in [0.15, 0.2) is 0 Å². The molecule has 8 heteroatoms. The fourth-order valence-electron chi connectivity index (χ4n) is 5.14. The molecule has 0 unspecified atom stereocenters. The van der Waals surface area contributed by atoms with Gasteiger partial charge in [-0.3, -0.25) is 14.6 Å². The Hall–Kier alpha value is -2.05. The van der Waals surface area contributed by atoms with E-state index < -0.39 is 5.41 Å². The molecule has 1 aromatic heterocycles. The summed E-state index contributed by atoms with van der Waals surface area (Å²) in [7, 11) is 1.78. The lowest BCUT2D eigenvalue weighted by atomic mass is 9.73. The number of hydrogen-bond donors (Lipinski definition) is 1. The lowest BCUT2D eigenvalue weighted by molar-refractivity contribution is -0.123. The minimum absolute atomic E-state index is 0.0234. The van der Waals surface area contributed by atoms with Crippen molar-refractivity contribution in [1.82, 2.24) is 9.97 Å². The summed E-state index contributed by atoms with van der Waals surface area (Å²) in [5.41, 5.74) is 2.76. The molecule has 1 spiro atoms. The molecule has 1 fully saturated rings. The first-order valence-electron chi connectivity index (χ1n) is 10.1. The molecular formula is C21H22Cl2N4O2. The number of benzene rings is 1. The summed E-state index contributed by atoms with van der Waals surface area (Å²) in [6.07, 6.45) is 5.02. The molecule has 1 saturated heterocycles. The highest BCUT2D eigenvalue weighted by molar-refractivity contribution is 6.37. The van der Waals surface area contributed by atoms with Crippen molar-refractivity contribution in [3.05, 3.63) is 49.4 Å². The fraction of sp³-hybridized carbons (Fsp3) is 0.476. The Morgan fingerprint density at radius 1 is 1.10 bits per heavy atom. The third-order valence-corrected chi connectivity index (χ3v) is 7.20. The van der Waals surface area contributed by atoms with Crippen LogP contribution in [0.1, 0.15) is 42.5 Å². The highest BCUT2D eigenvalue weighted by atomic mass is 35.5. The number of amides is 1. The van der Waals surface area contributed by atoms with Gasteiger partial charge in [-0.15, -0.1) is 0 Å². The van der Waals surface area contributed by atoms with Gasteiger partial charge in [-0.05, 0) is 50.7 Å². The number of fused-ring (bicyclic) bond motifs is 3. The van der Waals surface area contributed by atoms with E-state index in [0.29, 0.717) is 41.9 Å². The number of piperidine rings is 1. The molecule has 1 N–H and O–H groups in total. The van der Waals surface area contributed by atoms with Gasteiger partial charge in [0.25, 0.3) is 5.56 Å². The van der Waals surface area contributed by atoms with Crippen LogP contribution in [0.4, 0.5) is 11.6 Å². The van der Waals surface area contributed by atoms with Gasteiger partial charge in [0, 0.05) is 41.3 Å². The first kappa shape index (κ1) is 18.9. The number of hydrogen-bond acceptors (Lipinski definition) is 4. The van der Waals surface area contributed by atoms with Crippen LogP contribution >= 0.6 is 23.2 Å². The van der Waals surface area contributed by atoms with Crippen molar-refractivity contribution in [1.29, 1.82) is 0 Å². The summed E-state index contributed by atoms with van der Waals surface area (Å²) in [4.78, 5) is 37.2. The van der Waals surface area contributed by atoms with E-state index in [9.17, 15) is 9.59 Å². The van der Waals surface area contributed by atoms with Gasteiger partial charge in [0.2, 0.25) is 11.9 Å². The fourth-order valence-corrected chi connectivity index (χ4v) is 5.80. The summed E-state index contributed by atoms with van der Waals surface area (Å²) >= 11 is 12.7. The van der Waals surface area contributed by atoms with Crippen LogP contribution < -0.4 is 15.4 Å². The van der Waals surface area contributed by atoms with Crippen LogP contribution in [0.15, 0.2) is 16.9 Å². The second-order valence-electron chi connectivity index (χ2n) is 8.24. The molecule has 1 aromatic carbocycles. The molecule has 152 valence electrons. The number of nitrogens with one attached hydrogen (secondary N) is 1. The van der Waals surface area contributed by atoms with Gasteiger partial charge in [0.05, 0.1) is 16.8 Å². The molecule has 0 bridgehead atoms. The van der Waals surface area contributed by atoms with E-state index in [4.69, 9.17) is 28.2 Å². The topological polar surface area (TPSA) is 69.3 Å². The van der Waals surface area contributed by atoms with Crippen LogP contribution in [0.5, 0.6) is 0 Å². The Labute approximate surface area is 178 Å². The van der Waals surface area contributed by atoms with Crippen LogP contribution in [0.25, 0.3) is 0 Å². The Morgan fingerprint density at radius 3 is 2.59 bits per heavy atom. The van der Waals surface area contributed by atoms with Crippen LogP contribution in [0, 0.1) is 0 Å². The molecule has 5 rings (SSSR count). The molecule has 6 nitrogen and oxygen atoms in total. The second-order valence-corrected chi connectivity index (χ2v) is 9.08. The van der Waals surface area contributed by atoms with Gasteiger partial charge < -0.3 is 9.80 Å². The number of anilines is 2. The average molecular weight is 433 g/mol. The van der Waals surface area contributed by atoms with E-state index in [-0.39, 0.29) is 11.5 Å². The zero-order chi connectivity index (χ0) is 20.3. The van der Waals surface area contributed by atoms with Crippen molar-refractivity contribution in [2.24, 2.45) is 0 Å². The first-order chi connectivity index (χ1) is 13.9. The number of likely N-dealkylation sites (N-methyl/N-ethyl adjacent to an activating group) is 1. The van der Waals surface area contributed by atoms with Gasteiger partial charge >= 0.3 is 0 Å². The summed E-state index contributed by atoms with van der Waals surface area (Å²) in [5, 5.41) is 1.07. The maximum atomic E-state index is 13.2. The normalized spacial score (nSPS) is 20.2. The minimum atomic E-state index is -0.642. The molecule has 2 aromatic rings. The minimum Gasteiger partial charge on any atom is -0.342 e. The molecule has 0 radical (unpaired) electrons. The molecule has 0 atom stereocenters. The number of carbonyl (C=O) groups is 1. The molecule has 1 amide bonds. The number of H-pyrrole nitrogens is 1. The van der Waals surface area contributed by atoms with E-state index in [1.54, 1.807) is 18.0 Å². The maximum absolute atomic E-state index is 13.2. The Bertz CT molecular complexity index is 1070. The molecule has 0 saturated carbocycles. The predicted molar refractivity (Wildman–Crippen MR) is 114 cm³/mol. The smallest absolute Gasteiger partial charge is 0.255 e. The maximum Gasteiger partial charge on any atom is 0.255 e. The lowest BCUT2D eigenvalue weighted by Gasteiger charge is -2.39. The van der Waals surface area contributed by atoms with Crippen LogP contribution in [-0.2, 0) is 23.1 Å². The number of aryl methyl sites for hydroxylation is 1. The zero-order valence-corrected chi connectivity index (χ0v) is 17.7. The zero-order valence-electron chi connectivity index (χ0n) is 16.2. The Morgan fingerprint density at radius 2 is 1.83 bits per heavy atom. The van der Waals surface area contributed by atoms with E-state index in [0.717, 1.165) is 48.2 Å². The van der Waals surface area contributed by atoms with Crippen LogP contribution in [-0.4, -0.2) is 36.0 Å². The Kier molecular flexibility index (Phi) is 4.40. The summed E-state index contributed by atoms with van der Waals surface area (Å²) in [5.74, 6) is 0.676. The number of aromatic amines is 1. The van der Waals surface area contributed by atoms with Crippen LogP contribution in [0.3, 0.4) is 0 Å². The van der Waals surface area contributed by atoms with E-state index in [1.165, 1.54) is 0 Å². The number of carbonyl (C=O) groups excluding carboxylic acids is 1. The molecule has 2 aliphatic heterocycles. The quantitative estimate of drug-likeness (QED) is 0.748. The van der Waals surface area contributed by atoms with Crippen molar-refractivity contribution < 1.29 is 4.79 Å². The second kappa shape index (κ2) is 6.74. The lowest BCUT2D eigenvalue weighted by Crippen LogP contribution is -2.49. The predicted octanol–water partition coefficient (Wildman–Crippen LogP) is 3.47. The van der Waals surface area contributed by atoms with E-state index >= 15 is 0 Å². The summed E-state index contributed by atoms with van der Waals surface area (Å²) in [6, 6.07) is 3.52.